The lowest BCUT2D eigenvalue weighted by molar-refractivity contribution is 0.0950. The normalized spacial score (nSPS) is 21.6. The third kappa shape index (κ3) is 4.58. The first-order chi connectivity index (χ1) is 14.3. The molecule has 1 fully saturated rings. The van der Waals surface area contributed by atoms with Crippen molar-refractivity contribution in [1.29, 1.82) is 0 Å². The topological polar surface area (TPSA) is 96.9 Å². The summed E-state index contributed by atoms with van der Waals surface area (Å²) in [5.74, 6) is 0.676. The number of nitrogens with one attached hydrogen (secondary N) is 2. The van der Waals surface area contributed by atoms with Gasteiger partial charge < -0.3 is 15.4 Å². The average Bonchev–Trinajstić information content (AvgIpc) is 3.20. The van der Waals surface area contributed by atoms with E-state index in [-0.39, 0.29) is 28.7 Å². The second-order valence-electron chi connectivity index (χ2n) is 7.05. The molecule has 10 heteroatoms. The van der Waals surface area contributed by atoms with Crippen molar-refractivity contribution in [2.45, 2.75) is 17.8 Å². The Morgan fingerprint density at radius 3 is 2.83 bits per heavy atom. The smallest absolute Gasteiger partial charge is 0.251 e. The van der Waals surface area contributed by atoms with Crippen LogP contribution in [0.2, 0.25) is 5.02 Å². The number of thioether (sulfide) groups is 1. The van der Waals surface area contributed by atoms with E-state index in [1.165, 1.54) is 11.8 Å². The largest absolute Gasteiger partial charge is 0.496 e. The molecular formula is C20H20ClN3O4S2. The van der Waals surface area contributed by atoms with Crippen LogP contribution in [-0.2, 0) is 16.4 Å². The molecule has 1 saturated heterocycles. The molecule has 2 aromatic carbocycles. The number of methoxy groups -OCH3 is 1. The van der Waals surface area contributed by atoms with Crippen LogP contribution in [-0.4, -0.2) is 49.4 Å². The molecule has 2 aromatic rings. The monoisotopic (exact) mass is 465 g/mol. The van der Waals surface area contributed by atoms with Gasteiger partial charge in [-0.2, -0.15) is 0 Å². The molecule has 4 rings (SSSR count). The van der Waals surface area contributed by atoms with Crippen LogP contribution in [0.1, 0.15) is 15.9 Å². The van der Waals surface area contributed by atoms with E-state index >= 15 is 0 Å². The molecule has 158 valence electrons. The number of fused-ring (bicyclic) bond motifs is 1. The highest BCUT2D eigenvalue weighted by Crippen LogP contribution is 2.35. The van der Waals surface area contributed by atoms with Crippen molar-refractivity contribution in [3.63, 3.8) is 0 Å². The number of para-hydroxylation sites is 1. The molecule has 0 bridgehead atoms. The number of carbonyl (C=O) groups excluding carboxylic acids is 1. The van der Waals surface area contributed by atoms with E-state index in [4.69, 9.17) is 16.3 Å². The Morgan fingerprint density at radius 1 is 1.27 bits per heavy atom. The standard InChI is InChI=1S/C20H20ClN3O4S2/c1-28-17-5-3-2-4-13(17)9-22-19(25)12-6-7-14(21)15(8-12)23-20-24-16-10-30(26,27)11-18(16)29-20/h2-8,16,18H,9-11H2,1H3,(H,22,25)(H,23,24)/t16-,18+/m0/s1. The molecule has 2 N–H and O–H groups in total. The zero-order chi connectivity index (χ0) is 21.3. The molecular weight excluding hydrogens is 446 g/mol. The number of nitrogens with zero attached hydrogens (tertiary/aromatic N) is 1. The minimum absolute atomic E-state index is 0.0661. The quantitative estimate of drug-likeness (QED) is 0.704. The van der Waals surface area contributed by atoms with E-state index in [0.717, 1.165) is 5.56 Å². The van der Waals surface area contributed by atoms with Crippen LogP contribution in [0.5, 0.6) is 5.75 Å². The van der Waals surface area contributed by atoms with Gasteiger partial charge in [0.05, 0.1) is 35.4 Å². The van der Waals surface area contributed by atoms with Gasteiger partial charge in [0.2, 0.25) is 0 Å². The van der Waals surface area contributed by atoms with Crippen LogP contribution in [0.4, 0.5) is 5.69 Å². The summed E-state index contributed by atoms with van der Waals surface area (Å²) < 4.78 is 28.7. The summed E-state index contributed by atoms with van der Waals surface area (Å²) in [5.41, 5.74) is 1.87. The van der Waals surface area contributed by atoms with Crippen LogP contribution in [0.3, 0.4) is 0 Å². The van der Waals surface area contributed by atoms with Crippen molar-refractivity contribution in [1.82, 2.24) is 5.32 Å². The lowest BCUT2D eigenvalue weighted by Gasteiger charge is -2.12. The number of rotatable bonds is 5. The summed E-state index contributed by atoms with van der Waals surface area (Å²) in [5, 5.41) is 7.02. The Bertz CT molecular complexity index is 1120. The summed E-state index contributed by atoms with van der Waals surface area (Å²) in [4.78, 5) is 17.1. The molecule has 30 heavy (non-hydrogen) atoms. The number of hydrogen-bond acceptors (Lipinski definition) is 7. The number of hydrogen-bond donors (Lipinski definition) is 2. The van der Waals surface area contributed by atoms with E-state index < -0.39 is 9.84 Å². The molecule has 0 spiro atoms. The molecule has 2 heterocycles. The van der Waals surface area contributed by atoms with Gasteiger partial charge in [-0.3, -0.25) is 9.79 Å². The summed E-state index contributed by atoms with van der Waals surface area (Å²) in [6.07, 6.45) is 0. The molecule has 1 amide bonds. The molecule has 0 saturated carbocycles. The fourth-order valence-electron chi connectivity index (χ4n) is 3.42. The highest BCUT2D eigenvalue weighted by atomic mass is 35.5. The lowest BCUT2D eigenvalue weighted by Crippen LogP contribution is -2.23. The highest BCUT2D eigenvalue weighted by Gasteiger charge is 2.42. The van der Waals surface area contributed by atoms with Gasteiger partial charge in [-0.25, -0.2) is 8.42 Å². The van der Waals surface area contributed by atoms with Crippen molar-refractivity contribution in [2.24, 2.45) is 4.99 Å². The zero-order valence-corrected chi connectivity index (χ0v) is 18.5. The number of carbonyl (C=O) groups is 1. The minimum atomic E-state index is -3.01. The predicted molar refractivity (Wildman–Crippen MR) is 120 cm³/mol. The maximum atomic E-state index is 12.6. The first-order valence-electron chi connectivity index (χ1n) is 9.26. The number of ether oxygens (including phenoxy) is 1. The molecule has 2 aliphatic rings. The van der Waals surface area contributed by atoms with Crippen LogP contribution in [0, 0.1) is 0 Å². The van der Waals surface area contributed by atoms with Crippen molar-refractivity contribution in [2.75, 3.05) is 23.9 Å². The number of aliphatic imine (C=N–C) groups is 1. The third-order valence-corrected chi connectivity index (χ3v) is 8.39. The van der Waals surface area contributed by atoms with Crippen LogP contribution in [0.15, 0.2) is 47.5 Å². The zero-order valence-electron chi connectivity index (χ0n) is 16.1. The second-order valence-corrected chi connectivity index (χ2v) is 10.8. The average molecular weight is 466 g/mol. The molecule has 0 unspecified atom stereocenters. The van der Waals surface area contributed by atoms with E-state index in [1.54, 1.807) is 25.3 Å². The summed E-state index contributed by atoms with van der Waals surface area (Å²) >= 11 is 7.69. The van der Waals surface area contributed by atoms with Crippen LogP contribution in [0.25, 0.3) is 0 Å². The first-order valence-corrected chi connectivity index (χ1v) is 12.3. The van der Waals surface area contributed by atoms with Gasteiger partial charge in [0.1, 0.15) is 5.75 Å². The van der Waals surface area contributed by atoms with Gasteiger partial charge >= 0.3 is 0 Å². The summed E-state index contributed by atoms with van der Waals surface area (Å²) in [6, 6.07) is 12.2. The molecule has 0 aromatic heterocycles. The summed E-state index contributed by atoms with van der Waals surface area (Å²) in [6.45, 7) is 0.328. The number of sulfone groups is 1. The molecule has 0 aliphatic carbocycles. The number of amides is 1. The second kappa shape index (κ2) is 8.49. The van der Waals surface area contributed by atoms with Gasteiger partial charge in [0.15, 0.2) is 15.0 Å². The fourth-order valence-corrected chi connectivity index (χ4v) is 7.25. The van der Waals surface area contributed by atoms with Gasteiger partial charge in [-0.15, -0.1) is 0 Å². The Labute approximate surface area is 184 Å². The van der Waals surface area contributed by atoms with Gasteiger partial charge in [0.25, 0.3) is 5.91 Å². The molecule has 2 atom stereocenters. The first kappa shape index (κ1) is 21.0. The van der Waals surface area contributed by atoms with E-state index in [1.807, 2.05) is 24.3 Å². The van der Waals surface area contributed by atoms with Crippen molar-refractivity contribution in [3.05, 3.63) is 58.6 Å². The summed E-state index contributed by atoms with van der Waals surface area (Å²) in [7, 11) is -1.42. The Balaban J connectivity index is 1.44. The minimum Gasteiger partial charge on any atom is -0.496 e. The maximum absolute atomic E-state index is 12.6. The maximum Gasteiger partial charge on any atom is 0.251 e. The molecule has 7 nitrogen and oxygen atoms in total. The Hall–Kier alpha value is -2.23. The number of halogens is 1. The van der Waals surface area contributed by atoms with Crippen molar-refractivity contribution in [3.8, 4) is 5.75 Å². The molecule has 2 aliphatic heterocycles. The highest BCUT2D eigenvalue weighted by molar-refractivity contribution is 8.15. The van der Waals surface area contributed by atoms with E-state index in [0.29, 0.717) is 33.7 Å². The van der Waals surface area contributed by atoms with Crippen LogP contribution < -0.4 is 15.4 Å². The number of anilines is 1. The van der Waals surface area contributed by atoms with Gasteiger partial charge in [0, 0.05) is 22.9 Å². The van der Waals surface area contributed by atoms with Gasteiger partial charge in [-0.1, -0.05) is 41.6 Å². The number of benzene rings is 2. The number of amidine groups is 1. The van der Waals surface area contributed by atoms with Crippen LogP contribution >= 0.6 is 23.4 Å². The Morgan fingerprint density at radius 2 is 2.07 bits per heavy atom. The molecule has 0 radical (unpaired) electrons. The van der Waals surface area contributed by atoms with Crippen molar-refractivity contribution >= 4 is 50.0 Å². The SMILES string of the molecule is COc1ccccc1CNC(=O)c1ccc(Cl)c(NC2=N[C@H]3CS(=O)(=O)C[C@H]3S2)c1. The van der Waals surface area contributed by atoms with E-state index in [2.05, 4.69) is 15.6 Å². The van der Waals surface area contributed by atoms with Gasteiger partial charge in [-0.05, 0) is 24.3 Å². The lowest BCUT2D eigenvalue weighted by atomic mass is 10.1. The fraction of sp³-hybridized carbons (Fsp3) is 0.300. The van der Waals surface area contributed by atoms with Crippen molar-refractivity contribution < 1.29 is 17.9 Å². The third-order valence-electron chi connectivity index (χ3n) is 4.92. The van der Waals surface area contributed by atoms with E-state index in [9.17, 15) is 13.2 Å². The Kier molecular flexibility index (Phi) is 5.95. The predicted octanol–water partition coefficient (Wildman–Crippen LogP) is 2.96.